The number of pyridine rings is 1. The van der Waals surface area contributed by atoms with Gasteiger partial charge in [-0.05, 0) is 25.9 Å². The second kappa shape index (κ2) is 5.84. The van der Waals surface area contributed by atoms with E-state index in [-0.39, 0.29) is 12.0 Å². The molecule has 1 aromatic heterocycles. The van der Waals surface area contributed by atoms with E-state index in [9.17, 15) is 4.79 Å². The van der Waals surface area contributed by atoms with E-state index >= 15 is 0 Å². The van der Waals surface area contributed by atoms with Gasteiger partial charge >= 0.3 is 0 Å². The zero-order valence-electron chi connectivity index (χ0n) is 9.82. The van der Waals surface area contributed by atoms with Gasteiger partial charge in [-0.1, -0.05) is 0 Å². The lowest BCUT2D eigenvalue weighted by atomic mass is 10.3. The van der Waals surface area contributed by atoms with Gasteiger partial charge in [-0.15, -0.1) is 0 Å². The summed E-state index contributed by atoms with van der Waals surface area (Å²) in [7, 11) is 0. The van der Waals surface area contributed by atoms with Crippen LogP contribution in [0.5, 0.6) is 5.75 Å². The van der Waals surface area contributed by atoms with Crippen LogP contribution in [0.2, 0.25) is 0 Å². The van der Waals surface area contributed by atoms with Crippen LogP contribution in [0, 0.1) is 0 Å². The molecule has 5 nitrogen and oxygen atoms in total. The Morgan fingerprint density at radius 2 is 2.18 bits per heavy atom. The topological polar surface area (TPSA) is 65.6 Å². The molecule has 1 fully saturated rings. The van der Waals surface area contributed by atoms with Gasteiger partial charge in [0.25, 0.3) is 0 Å². The molecule has 2 N–H and O–H groups in total. The van der Waals surface area contributed by atoms with E-state index in [4.69, 9.17) is 9.84 Å². The van der Waals surface area contributed by atoms with Crippen molar-refractivity contribution in [1.82, 2.24) is 9.88 Å². The highest BCUT2D eigenvalue weighted by molar-refractivity contribution is 5.19. The summed E-state index contributed by atoms with van der Waals surface area (Å²) in [6.07, 6.45) is 4.02. The number of ether oxygens (including phenoxy) is 1. The zero-order chi connectivity index (χ0) is 12.1. The van der Waals surface area contributed by atoms with E-state index in [0.717, 1.165) is 19.6 Å². The molecule has 0 saturated carbocycles. The second-order valence-electron chi connectivity index (χ2n) is 4.24. The summed E-state index contributed by atoms with van der Waals surface area (Å²) in [6, 6.07) is 1.37. The highest BCUT2D eigenvalue weighted by Gasteiger charge is 2.11. The quantitative estimate of drug-likeness (QED) is 0.776. The fraction of sp³-hybridized carbons (Fsp3) is 0.583. The Morgan fingerprint density at radius 3 is 2.82 bits per heavy atom. The number of nitrogens with one attached hydrogen (secondary N) is 1. The first-order valence-corrected chi connectivity index (χ1v) is 5.97. The van der Waals surface area contributed by atoms with E-state index in [2.05, 4.69) is 9.88 Å². The van der Waals surface area contributed by atoms with Gasteiger partial charge in [0, 0.05) is 24.5 Å². The highest BCUT2D eigenvalue weighted by Crippen LogP contribution is 2.07. The Morgan fingerprint density at radius 1 is 1.41 bits per heavy atom. The molecule has 0 unspecified atom stereocenters. The molecule has 0 atom stereocenters. The summed E-state index contributed by atoms with van der Waals surface area (Å²) >= 11 is 0. The van der Waals surface area contributed by atoms with Crippen LogP contribution >= 0.6 is 0 Å². The lowest BCUT2D eigenvalue weighted by Crippen LogP contribution is -2.26. The van der Waals surface area contributed by atoms with Crippen LogP contribution in [0.15, 0.2) is 17.1 Å². The van der Waals surface area contributed by atoms with Gasteiger partial charge in [-0.2, -0.15) is 0 Å². The maximum absolute atomic E-state index is 11.6. The van der Waals surface area contributed by atoms with Gasteiger partial charge in [-0.3, -0.25) is 9.69 Å². The van der Waals surface area contributed by atoms with Crippen molar-refractivity contribution in [2.75, 3.05) is 26.2 Å². The predicted octanol–water partition coefficient (Wildman–Crippen LogP) is 0.342. The molecule has 0 bridgehead atoms. The number of H-pyrrole nitrogens is 1. The summed E-state index contributed by atoms with van der Waals surface area (Å²) < 4.78 is 5.43. The van der Waals surface area contributed by atoms with E-state index in [0.29, 0.717) is 18.1 Å². The Kier molecular flexibility index (Phi) is 4.17. The number of hydrogen-bond donors (Lipinski definition) is 2. The number of nitrogens with zero attached hydrogens (tertiary/aromatic N) is 1. The summed E-state index contributed by atoms with van der Waals surface area (Å²) in [4.78, 5) is 16.7. The Bertz CT molecular complexity index is 410. The standard InChI is InChI=1S/C12H18N2O3/c15-9-10-7-11(16)12(8-13-10)17-6-5-14-3-1-2-4-14/h7-8,15H,1-6,9H2,(H,13,16). The van der Waals surface area contributed by atoms with Crippen molar-refractivity contribution in [3.63, 3.8) is 0 Å². The second-order valence-corrected chi connectivity index (χ2v) is 4.24. The van der Waals surface area contributed by atoms with Gasteiger partial charge in [0.15, 0.2) is 5.75 Å². The van der Waals surface area contributed by atoms with Crippen LogP contribution in [0.4, 0.5) is 0 Å². The van der Waals surface area contributed by atoms with Crippen molar-refractivity contribution in [2.24, 2.45) is 0 Å². The molecule has 1 aliphatic heterocycles. The lowest BCUT2D eigenvalue weighted by molar-refractivity contribution is 0.235. The maximum atomic E-state index is 11.6. The van der Waals surface area contributed by atoms with Crippen LogP contribution in [0.1, 0.15) is 18.5 Å². The third-order valence-electron chi connectivity index (χ3n) is 2.97. The third kappa shape index (κ3) is 3.31. The summed E-state index contributed by atoms with van der Waals surface area (Å²) in [6.45, 7) is 3.48. The number of rotatable bonds is 5. The molecule has 1 aromatic rings. The number of likely N-dealkylation sites (tertiary alicyclic amines) is 1. The third-order valence-corrected chi connectivity index (χ3v) is 2.97. The van der Waals surface area contributed by atoms with Crippen molar-refractivity contribution >= 4 is 0 Å². The summed E-state index contributed by atoms with van der Waals surface area (Å²) in [5, 5.41) is 8.85. The van der Waals surface area contributed by atoms with Crippen LogP contribution in [0.25, 0.3) is 0 Å². The van der Waals surface area contributed by atoms with Gasteiger partial charge in [-0.25, -0.2) is 0 Å². The van der Waals surface area contributed by atoms with Crippen LogP contribution in [-0.2, 0) is 6.61 Å². The Hall–Kier alpha value is -1.33. The molecule has 94 valence electrons. The maximum Gasteiger partial charge on any atom is 0.223 e. The molecule has 0 radical (unpaired) electrons. The van der Waals surface area contributed by atoms with Gasteiger partial charge in [0.1, 0.15) is 6.61 Å². The van der Waals surface area contributed by atoms with Crippen LogP contribution < -0.4 is 10.2 Å². The smallest absolute Gasteiger partial charge is 0.223 e. The molecule has 0 aliphatic carbocycles. The van der Waals surface area contributed by atoms with Crippen LogP contribution in [-0.4, -0.2) is 41.2 Å². The number of hydrogen-bond acceptors (Lipinski definition) is 4. The first-order chi connectivity index (χ1) is 8.29. The Balaban J connectivity index is 1.84. The van der Waals surface area contributed by atoms with Crippen molar-refractivity contribution in [3.05, 3.63) is 28.2 Å². The summed E-state index contributed by atoms with van der Waals surface area (Å²) in [5.41, 5.74) is 0.316. The number of aliphatic hydroxyl groups excluding tert-OH is 1. The van der Waals surface area contributed by atoms with Crippen molar-refractivity contribution in [2.45, 2.75) is 19.4 Å². The molecule has 1 aliphatic rings. The average molecular weight is 238 g/mol. The minimum absolute atomic E-state index is 0.163. The number of aromatic nitrogens is 1. The van der Waals surface area contributed by atoms with Crippen molar-refractivity contribution in [3.8, 4) is 5.75 Å². The molecule has 17 heavy (non-hydrogen) atoms. The average Bonchev–Trinajstić information content (AvgIpc) is 2.84. The van der Waals surface area contributed by atoms with Crippen molar-refractivity contribution in [1.29, 1.82) is 0 Å². The monoisotopic (exact) mass is 238 g/mol. The minimum Gasteiger partial charge on any atom is -0.487 e. The highest BCUT2D eigenvalue weighted by atomic mass is 16.5. The van der Waals surface area contributed by atoms with Gasteiger partial charge < -0.3 is 14.8 Å². The predicted molar refractivity (Wildman–Crippen MR) is 64.2 cm³/mol. The lowest BCUT2D eigenvalue weighted by Gasteiger charge is -2.14. The zero-order valence-corrected chi connectivity index (χ0v) is 9.82. The normalized spacial score (nSPS) is 16.3. The SMILES string of the molecule is O=c1cc(CO)[nH]cc1OCCN1CCCC1. The van der Waals surface area contributed by atoms with E-state index in [1.807, 2.05) is 0 Å². The molecule has 0 spiro atoms. The number of aliphatic hydroxyl groups is 1. The van der Waals surface area contributed by atoms with E-state index < -0.39 is 0 Å². The first-order valence-electron chi connectivity index (χ1n) is 5.97. The molecule has 2 rings (SSSR count). The van der Waals surface area contributed by atoms with Crippen LogP contribution in [0.3, 0.4) is 0 Å². The Labute approximate surface area is 100 Å². The minimum atomic E-state index is -0.186. The molecule has 1 saturated heterocycles. The van der Waals surface area contributed by atoms with Crippen molar-refractivity contribution < 1.29 is 9.84 Å². The molecular weight excluding hydrogens is 220 g/mol. The van der Waals surface area contributed by atoms with E-state index in [1.54, 1.807) is 0 Å². The summed E-state index contributed by atoms with van der Waals surface area (Å²) in [5.74, 6) is 0.321. The van der Waals surface area contributed by atoms with Gasteiger partial charge in [0.2, 0.25) is 5.43 Å². The van der Waals surface area contributed by atoms with Gasteiger partial charge in [0.05, 0.1) is 6.61 Å². The molecule has 5 heteroatoms. The fourth-order valence-corrected chi connectivity index (χ4v) is 2.00. The molecular formula is C12H18N2O3. The van der Waals surface area contributed by atoms with E-state index in [1.165, 1.54) is 25.1 Å². The largest absolute Gasteiger partial charge is 0.487 e. The molecule has 2 heterocycles. The number of aromatic amines is 1. The first kappa shape index (κ1) is 12.1. The molecule has 0 amide bonds. The fourth-order valence-electron chi connectivity index (χ4n) is 2.00. The molecule has 0 aromatic carbocycles.